The van der Waals surface area contributed by atoms with Gasteiger partial charge in [-0.25, -0.2) is 0 Å². The molecule has 0 bridgehead atoms. The van der Waals surface area contributed by atoms with E-state index in [9.17, 15) is 9.59 Å². The Hall–Kier alpha value is -1.75. The van der Waals surface area contributed by atoms with Crippen molar-refractivity contribution in [3.63, 3.8) is 0 Å². The number of amides is 1. The molecule has 1 amide bonds. The highest BCUT2D eigenvalue weighted by Gasteiger charge is 2.16. The van der Waals surface area contributed by atoms with Gasteiger partial charge in [0.15, 0.2) is 0 Å². The summed E-state index contributed by atoms with van der Waals surface area (Å²) in [5.41, 5.74) is 6.51. The molecule has 0 radical (unpaired) electrons. The van der Waals surface area contributed by atoms with Crippen LogP contribution in [0, 0.1) is 5.92 Å². The van der Waals surface area contributed by atoms with Gasteiger partial charge >= 0.3 is 5.97 Å². The van der Waals surface area contributed by atoms with Crippen LogP contribution >= 0.6 is 12.4 Å². The van der Waals surface area contributed by atoms with Gasteiger partial charge in [0, 0.05) is 12.2 Å². The minimum Gasteiger partial charge on any atom is -0.466 e. The van der Waals surface area contributed by atoms with E-state index in [2.05, 4.69) is 5.32 Å². The quantitative estimate of drug-likeness (QED) is 0.636. The Balaban J connectivity index is 0.00000324. The van der Waals surface area contributed by atoms with Crippen molar-refractivity contribution in [2.45, 2.75) is 13.8 Å². The van der Waals surface area contributed by atoms with E-state index in [0.29, 0.717) is 17.9 Å². The van der Waals surface area contributed by atoms with Crippen LogP contribution in [0.5, 0.6) is 0 Å². The number of ether oxygens (including phenoxy) is 1. The second kappa shape index (κ2) is 8.37. The van der Waals surface area contributed by atoms with Gasteiger partial charge in [-0.15, -0.1) is 12.4 Å². The number of nitrogens with two attached hydrogens (primary N) is 1. The van der Waals surface area contributed by atoms with E-state index in [1.807, 2.05) is 0 Å². The van der Waals surface area contributed by atoms with E-state index in [1.54, 1.807) is 38.1 Å². The largest absolute Gasteiger partial charge is 0.466 e. The lowest BCUT2D eigenvalue weighted by Crippen LogP contribution is -2.32. The first-order valence-corrected chi connectivity index (χ1v) is 5.85. The normalized spacial score (nSPS) is 11.1. The lowest BCUT2D eigenvalue weighted by molar-refractivity contribution is -0.147. The second-order valence-corrected chi connectivity index (χ2v) is 3.95. The number of carbonyl (C=O) groups excluding carboxylic acids is 2. The molecule has 0 spiro atoms. The number of benzene rings is 1. The SMILES string of the molecule is CCOC(=O)C(C)CNC(=O)c1ccccc1N.Cl. The minimum absolute atomic E-state index is 0. The monoisotopic (exact) mass is 286 g/mol. The summed E-state index contributed by atoms with van der Waals surface area (Å²) in [7, 11) is 0. The van der Waals surface area contributed by atoms with Crippen LogP contribution in [-0.4, -0.2) is 25.0 Å². The van der Waals surface area contributed by atoms with Crippen LogP contribution in [0.2, 0.25) is 0 Å². The van der Waals surface area contributed by atoms with Crippen LogP contribution in [0.4, 0.5) is 5.69 Å². The van der Waals surface area contributed by atoms with E-state index >= 15 is 0 Å². The van der Waals surface area contributed by atoms with E-state index in [4.69, 9.17) is 10.5 Å². The third kappa shape index (κ3) is 5.18. The first-order valence-electron chi connectivity index (χ1n) is 5.85. The number of carbonyl (C=O) groups is 2. The van der Waals surface area contributed by atoms with Crippen molar-refractivity contribution in [1.29, 1.82) is 0 Å². The Morgan fingerprint density at radius 3 is 2.58 bits per heavy atom. The number of esters is 1. The summed E-state index contributed by atoms with van der Waals surface area (Å²) in [6.45, 7) is 4.01. The number of halogens is 1. The standard InChI is InChI=1S/C13H18N2O3.ClH/c1-3-18-13(17)9(2)8-15-12(16)10-6-4-5-7-11(10)14;/h4-7,9H,3,8,14H2,1-2H3,(H,15,16);1H. The predicted molar refractivity (Wildman–Crippen MR) is 76.2 cm³/mol. The fraction of sp³-hybridized carbons (Fsp3) is 0.385. The second-order valence-electron chi connectivity index (χ2n) is 3.95. The maximum Gasteiger partial charge on any atom is 0.310 e. The van der Waals surface area contributed by atoms with Crippen LogP contribution in [0.3, 0.4) is 0 Å². The maximum atomic E-state index is 11.8. The molecule has 0 aromatic heterocycles. The van der Waals surface area contributed by atoms with Crippen LogP contribution < -0.4 is 11.1 Å². The van der Waals surface area contributed by atoms with Crippen molar-refractivity contribution >= 4 is 30.0 Å². The molecule has 0 fully saturated rings. The molecule has 0 aliphatic carbocycles. The molecular formula is C13H19ClN2O3. The highest BCUT2D eigenvalue weighted by atomic mass is 35.5. The highest BCUT2D eigenvalue weighted by molar-refractivity contribution is 5.99. The Morgan fingerprint density at radius 1 is 1.37 bits per heavy atom. The Labute approximate surface area is 118 Å². The van der Waals surface area contributed by atoms with E-state index in [1.165, 1.54) is 0 Å². The van der Waals surface area contributed by atoms with Gasteiger partial charge in [-0.2, -0.15) is 0 Å². The van der Waals surface area contributed by atoms with E-state index in [0.717, 1.165) is 0 Å². The van der Waals surface area contributed by atoms with Crippen molar-refractivity contribution in [3.05, 3.63) is 29.8 Å². The van der Waals surface area contributed by atoms with Gasteiger partial charge in [0.1, 0.15) is 0 Å². The average Bonchev–Trinajstić information content (AvgIpc) is 2.36. The summed E-state index contributed by atoms with van der Waals surface area (Å²) in [5, 5.41) is 2.66. The average molecular weight is 287 g/mol. The van der Waals surface area contributed by atoms with Crippen molar-refractivity contribution in [2.75, 3.05) is 18.9 Å². The summed E-state index contributed by atoms with van der Waals surface area (Å²) in [5.74, 6) is -0.984. The number of nitrogens with one attached hydrogen (secondary N) is 1. The van der Waals surface area contributed by atoms with Crippen molar-refractivity contribution < 1.29 is 14.3 Å². The highest BCUT2D eigenvalue weighted by Crippen LogP contribution is 2.10. The van der Waals surface area contributed by atoms with Crippen LogP contribution in [-0.2, 0) is 9.53 Å². The van der Waals surface area contributed by atoms with Crippen LogP contribution in [0.25, 0.3) is 0 Å². The molecule has 0 heterocycles. The molecule has 19 heavy (non-hydrogen) atoms. The van der Waals surface area contributed by atoms with Gasteiger partial charge in [-0.05, 0) is 19.1 Å². The molecule has 1 atom stereocenters. The van der Waals surface area contributed by atoms with Gasteiger partial charge in [0.2, 0.25) is 0 Å². The fourth-order valence-electron chi connectivity index (χ4n) is 1.41. The molecule has 1 unspecified atom stereocenters. The lowest BCUT2D eigenvalue weighted by atomic mass is 10.1. The first-order chi connectivity index (χ1) is 8.56. The summed E-state index contributed by atoms with van der Waals surface area (Å²) in [6, 6.07) is 6.79. The van der Waals surface area contributed by atoms with Crippen LogP contribution in [0.15, 0.2) is 24.3 Å². The lowest BCUT2D eigenvalue weighted by Gasteiger charge is -2.12. The third-order valence-electron chi connectivity index (χ3n) is 2.46. The van der Waals surface area contributed by atoms with E-state index in [-0.39, 0.29) is 36.7 Å². The smallest absolute Gasteiger partial charge is 0.310 e. The minimum atomic E-state index is -0.376. The number of hydrogen-bond acceptors (Lipinski definition) is 4. The molecule has 0 saturated carbocycles. The Morgan fingerprint density at radius 2 is 2.00 bits per heavy atom. The van der Waals surface area contributed by atoms with E-state index < -0.39 is 0 Å². The van der Waals surface area contributed by atoms with Gasteiger partial charge in [0.25, 0.3) is 5.91 Å². The molecule has 3 N–H and O–H groups in total. The zero-order chi connectivity index (χ0) is 13.5. The molecule has 1 aromatic rings. The summed E-state index contributed by atoms with van der Waals surface area (Å²) in [4.78, 5) is 23.2. The number of hydrogen-bond donors (Lipinski definition) is 2. The molecule has 5 nitrogen and oxygen atoms in total. The molecule has 6 heteroatoms. The predicted octanol–water partition coefficient (Wildman–Crippen LogP) is 1.62. The summed E-state index contributed by atoms with van der Waals surface area (Å²) < 4.78 is 4.85. The Bertz CT molecular complexity index is 438. The van der Waals surface area contributed by atoms with Gasteiger partial charge in [-0.3, -0.25) is 9.59 Å². The number of anilines is 1. The zero-order valence-electron chi connectivity index (χ0n) is 11.0. The van der Waals surface area contributed by atoms with Crippen molar-refractivity contribution in [1.82, 2.24) is 5.32 Å². The number of rotatable bonds is 5. The van der Waals surface area contributed by atoms with Crippen molar-refractivity contribution in [2.24, 2.45) is 5.92 Å². The van der Waals surface area contributed by atoms with Crippen molar-refractivity contribution in [3.8, 4) is 0 Å². The molecular weight excluding hydrogens is 268 g/mol. The van der Waals surface area contributed by atoms with Gasteiger partial charge in [0.05, 0.1) is 18.1 Å². The summed E-state index contributed by atoms with van der Waals surface area (Å²) in [6.07, 6.45) is 0. The maximum absolute atomic E-state index is 11.8. The van der Waals surface area contributed by atoms with Gasteiger partial charge < -0.3 is 15.8 Å². The van der Waals surface area contributed by atoms with Crippen LogP contribution in [0.1, 0.15) is 24.2 Å². The van der Waals surface area contributed by atoms with Gasteiger partial charge in [-0.1, -0.05) is 19.1 Å². The summed E-state index contributed by atoms with van der Waals surface area (Å²) >= 11 is 0. The molecule has 1 rings (SSSR count). The number of nitrogen functional groups attached to an aromatic ring is 1. The molecule has 0 aliphatic rings. The molecule has 106 valence electrons. The third-order valence-corrected chi connectivity index (χ3v) is 2.46. The Kier molecular flexibility index (Phi) is 7.60. The molecule has 0 aliphatic heterocycles. The topological polar surface area (TPSA) is 81.4 Å². The first kappa shape index (κ1) is 17.2. The number of para-hydroxylation sites is 1. The fourth-order valence-corrected chi connectivity index (χ4v) is 1.41. The molecule has 0 saturated heterocycles. The zero-order valence-corrected chi connectivity index (χ0v) is 11.8. The molecule has 1 aromatic carbocycles.